The van der Waals surface area contributed by atoms with Crippen molar-refractivity contribution in [2.75, 3.05) is 0 Å². The molecule has 0 aliphatic carbocycles. The van der Waals surface area contributed by atoms with E-state index in [4.69, 9.17) is 9.71 Å². The zero-order chi connectivity index (χ0) is 10.6. The van der Waals surface area contributed by atoms with Crippen molar-refractivity contribution >= 4 is 17.7 Å². The molecule has 0 heterocycles. The molecule has 0 unspecified atom stereocenters. The summed E-state index contributed by atoms with van der Waals surface area (Å²) >= 11 is 1.22. The van der Waals surface area contributed by atoms with Crippen molar-refractivity contribution in [3.05, 3.63) is 24.3 Å². The molecular formula is C10H13N2OS. The average Bonchev–Trinajstić information content (AvgIpc) is 2.14. The molecule has 0 aromatic heterocycles. The lowest BCUT2D eigenvalue weighted by Crippen LogP contribution is -2.14. The number of hydrogen-bond donors (Lipinski definition) is 0. The fraction of sp³-hybridized carbons (Fsp3) is 0.400. The number of hydrogen-bond acceptors (Lipinski definition) is 3. The third-order valence-corrected chi connectivity index (χ3v) is 2.46. The van der Waals surface area contributed by atoms with Crippen molar-refractivity contribution in [3.8, 4) is 0 Å². The van der Waals surface area contributed by atoms with E-state index in [1.165, 1.54) is 12.0 Å². The first kappa shape index (κ1) is 11.2. The van der Waals surface area contributed by atoms with Crippen LogP contribution in [0.15, 0.2) is 34.3 Å². The van der Waals surface area contributed by atoms with E-state index in [1.807, 2.05) is 39.0 Å². The predicted octanol–water partition coefficient (Wildman–Crippen LogP) is 3.39. The van der Waals surface area contributed by atoms with Crippen LogP contribution >= 0.6 is 12.0 Å². The molecule has 0 atom stereocenters. The molecule has 0 spiro atoms. The largest absolute Gasteiger partial charge is 0.304 e. The maximum absolute atomic E-state index is 8.70. The molecule has 75 valence electrons. The summed E-state index contributed by atoms with van der Waals surface area (Å²) in [6.07, 6.45) is 0. The molecule has 1 aromatic rings. The number of rotatable bonds is 3. The van der Waals surface area contributed by atoms with Gasteiger partial charge in [0.1, 0.15) is 5.69 Å². The maximum atomic E-state index is 8.70. The topological polar surface area (TPSA) is 43.9 Å². The Balaban J connectivity index is 2.71. The van der Waals surface area contributed by atoms with E-state index in [9.17, 15) is 0 Å². The van der Waals surface area contributed by atoms with Crippen molar-refractivity contribution in [1.29, 1.82) is 0 Å². The van der Waals surface area contributed by atoms with E-state index in [2.05, 4.69) is 5.11 Å². The fourth-order valence-electron chi connectivity index (χ4n) is 0.780. The molecule has 1 rings (SSSR count). The molecule has 3 nitrogen and oxygen atoms in total. The van der Waals surface area contributed by atoms with Crippen molar-refractivity contribution in [2.45, 2.75) is 31.3 Å². The summed E-state index contributed by atoms with van der Waals surface area (Å²) in [6.45, 7) is 5.91. The first-order valence-corrected chi connectivity index (χ1v) is 5.07. The summed E-state index contributed by atoms with van der Waals surface area (Å²) in [4.78, 5) is 0.810. The predicted molar refractivity (Wildman–Crippen MR) is 57.4 cm³/mol. The van der Waals surface area contributed by atoms with Crippen LogP contribution in [0.2, 0.25) is 0 Å². The van der Waals surface area contributed by atoms with Crippen LogP contribution < -0.4 is 5.53 Å². The van der Waals surface area contributed by atoms with Crippen molar-refractivity contribution in [2.24, 2.45) is 5.11 Å². The van der Waals surface area contributed by atoms with Crippen LogP contribution in [-0.4, -0.2) is 5.60 Å². The van der Waals surface area contributed by atoms with Crippen molar-refractivity contribution < 1.29 is 4.18 Å². The Bertz CT molecular complexity index is 320. The lowest BCUT2D eigenvalue weighted by Gasteiger charge is -2.17. The summed E-state index contributed by atoms with van der Waals surface area (Å²) in [5, 5.41) is 3.17. The van der Waals surface area contributed by atoms with E-state index in [0.717, 1.165) is 4.90 Å². The summed E-state index contributed by atoms with van der Waals surface area (Å²) in [5.74, 6) is 0. The molecule has 14 heavy (non-hydrogen) atoms. The van der Waals surface area contributed by atoms with Crippen LogP contribution in [0.3, 0.4) is 0 Å². The molecule has 0 N–H and O–H groups in total. The first-order chi connectivity index (χ1) is 6.53. The summed E-state index contributed by atoms with van der Waals surface area (Å²) < 4.78 is 5.50. The number of nitrogens with zero attached hydrogens (tertiary/aromatic N) is 2. The van der Waals surface area contributed by atoms with Gasteiger partial charge in [0.05, 0.1) is 10.5 Å². The molecule has 0 aliphatic rings. The Morgan fingerprint density at radius 1 is 1.29 bits per heavy atom. The van der Waals surface area contributed by atoms with Crippen LogP contribution in [0.1, 0.15) is 20.8 Å². The van der Waals surface area contributed by atoms with Crippen molar-refractivity contribution in [1.82, 2.24) is 5.53 Å². The molecule has 0 saturated heterocycles. The van der Waals surface area contributed by atoms with E-state index in [1.54, 1.807) is 6.07 Å². The summed E-state index contributed by atoms with van der Waals surface area (Å²) in [7, 11) is 0. The molecular weight excluding hydrogens is 196 g/mol. The molecule has 1 aromatic carbocycles. The van der Waals surface area contributed by atoms with Gasteiger partial charge in [-0.15, -0.1) is 5.11 Å². The van der Waals surface area contributed by atoms with Crippen LogP contribution in [0.4, 0.5) is 5.69 Å². The van der Waals surface area contributed by atoms with Gasteiger partial charge in [-0.25, -0.2) is 0 Å². The Morgan fingerprint density at radius 3 is 2.50 bits per heavy atom. The molecule has 0 fully saturated rings. The zero-order valence-corrected chi connectivity index (χ0v) is 9.34. The van der Waals surface area contributed by atoms with Gasteiger partial charge < -0.3 is 4.18 Å². The summed E-state index contributed by atoms with van der Waals surface area (Å²) in [6, 6.07) is 7.28. The quantitative estimate of drug-likeness (QED) is 0.565. The van der Waals surface area contributed by atoms with Crippen LogP contribution in [0.5, 0.6) is 0 Å². The molecule has 1 radical (unpaired) electrons. The van der Waals surface area contributed by atoms with Gasteiger partial charge in [-0.1, -0.05) is 12.1 Å². The Labute approximate surface area is 88.6 Å². The highest BCUT2D eigenvalue weighted by atomic mass is 32.2. The van der Waals surface area contributed by atoms with Gasteiger partial charge in [0.15, 0.2) is 0 Å². The Hall–Kier alpha value is -0.870. The average molecular weight is 209 g/mol. The second kappa shape index (κ2) is 4.57. The van der Waals surface area contributed by atoms with E-state index < -0.39 is 0 Å². The maximum Gasteiger partial charge on any atom is 0.103 e. The minimum atomic E-state index is -0.215. The van der Waals surface area contributed by atoms with E-state index >= 15 is 0 Å². The van der Waals surface area contributed by atoms with Gasteiger partial charge in [-0.3, -0.25) is 0 Å². The molecule has 0 aliphatic heterocycles. The van der Waals surface area contributed by atoms with Crippen LogP contribution in [0, 0.1) is 0 Å². The third-order valence-electron chi connectivity index (χ3n) is 1.35. The lowest BCUT2D eigenvalue weighted by molar-refractivity contribution is 0.165. The third kappa shape index (κ3) is 3.47. The highest BCUT2D eigenvalue weighted by Crippen LogP contribution is 2.32. The highest BCUT2D eigenvalue weighted by Gasteiger charge is 2.12. The van der Waals surface area contributed by atoms with Gasteiger partial charge in [0.2, 0.25) is 0 Å². The van der Waals surface area contributed by atoms with Crippen molar-refractivity contribution in [3.63, 3.8) is 0 Å². The second-order valence-corrected chi connectivity index (χ2v) is 4.62. The SMILES string of the molecule is CC(C)(C)OSc1ccccc1N=[N]. The summed E-state index contributed by atoms with van der Waals surface area (Å²) in [5.41, 5.74) is 9.02. The Kier molecular flexibility index (Phi) is 3.66. The highest BCUT2D eigenvalue weighted by molar-refractivity contribution is 7.94. The minimum Gasteiger partial charge on any atom is -0.304 e. The smallest absolute Gasteiger partial charge is 0.103 e. The van der Waals surface area contributed by atoms with Gasteiger partial charge in [0, 0.05) is 12.0 Å². The second-order valence-electron chi connectivity index (χ2n) is 3.85. The van der Waals surface area contributed by atoms with Gasteiger partial charge in [0.25, 0.3) is 0 Å². The molecule has 0 amide bonds. The van der Waals surface area contributed by atoms with Gasteiger partial charge in [-0.05, 0) is 38.4 Å². The fourth-order valence-corrected chi connectivity index (χ4v) is 1.45. The molecule has 0 bridgehead atoms. The van der Waals surface area contributed by atoms with Crippen LogP contribution in [0.25, 0.3) is 0 Å². The molecule has 0 saturated carbocycles. The minimum absolute atomic E-state index is 0.215. The van der Waals surface area contributed by atoms with E-state index in [-0.39, 0.29) is 5.60 Å². The normalized spacial score (nSPS) is 11.4. The molecule has 4 heteroatoms. The van der Waals surface area contributed by atoms with Gasteiger partial charge in [-0.2, -0.15) is 0 Å². The lowest BCUT2D eigenvalue weighted by atomic mass is 10.2. The standard InChI is InChI=1S/C10H13N2OS/c1-10(2,3)13-14-9-7-5-4-6-8(9)12-11/h4-7H,1-3H3. The Morgan fingerprint density at radius 2 is 1.93 bits per heavy atom. The number of benzene rings is 1. The first-order valence-electron chi connectivity index (χ1n) is 4.33. The van der Waals surface area contributed by atoms with Gasteiger partial charge >= 0.3 is 0 Å². The van der Waals surface area contributed by atoms with E-state index in [0.29, 0.717) is 5.69 Å². The monoisotopic (exact) mass is 209 g/mol. The zero-order valence-electron chi connectivity index (χ0n) is 8.52. The van der Waals surface area contributed by atoms with Crippen LogP contribution in [-0.2, 0) is 4.18 Å².